The molecule has 29 heavy (non-hydrogen) atoms. The summed E-state index contributed by atoms with van der Waals surface area (Å²) in [4.78, 5) is 9.24. The lowest BCUT2D eigenvalue weighted by atomic mass is 9.84. The van der Waals surface area contributed by atoms with Crippen LogP contribution in [0, 0.1) is 0 Å². The standard InChI is InChI=1S/C23H22Br2N2OS/c1-28-22-19(24)11-15(12-20(22)25)13-26-23-27-21(14-29-23)18-9-7-17(8-10-18)16-5-3-2-4-6-16/h7-14,16H,2-6H2,1H3. The van der Waals surface area contributed by atoms with E-state index >= 15 is 0 Å². The topological polar surface area (TPSA) is 34.5 Å². The molecule has 2 aromatic carbocycles. The Morgan fingerprint density at radius 2 is 1.76 bits per heavy atom. The van der Waals surface area contributed by atoms with Gasteiger partial charge in [-0.3, -0.25) is 0 Å². The number of hydrogen-bond acceptors (Lipinski definition) is 4. The van der Waals surface area contributed by atoms with Crippen LogP contribution in [0.2, 0.25) is 0 Å². The van der Waals surface area contributed by atoms with Gasteiger partial charge in [0.25, 0.3) is 0 Å². The molecule has 1 saturated carbocycles. The van der Waals surface area contributed by atoms with Crippen LogP contribution in [0.5, 0.6) is 5.75 Å². The van der Waals surface area contributed by atoms with E-state index in [1.54, 1.807) is 18.4 Å². The number of aliphatic imine (C=N–C) groups is 1. The Labute approximate surface area is 192 Å². The lowest BCUT2D eigenvalue weighted by molar-refractivity contribution is 0.409. The molecule has 3 aromatic rings. The van der Waals surface area contributed by atoms with E-state index in [1.807, 2.05) is 18.3 Å². The minimum Gasteiger partial charge on any atom is -0.494 e. The fourth-order valence-electron chi connectivity index (χ4n) is 3.80. The Hall–Kier alpha value is -1.50. The average Bonchev–Trinajstić information content (AvgIpc) is 3.22. The maximum atomic E-state index is 5.34. The summed E-state index contributed by atoms with van der Waals surface area (Å²) >= 11 is 8.60. The molecule has 0 aliphatic heterocycles. The Bertz CT molecular complexity index is 985. The Balaban J connectivity index is 1.47. The summed E-state index contributed by atoms with van der Waals surface area (Å²) in [6, 6.07) is 12.9. The van der Waals surface area contributed by atoms with Crippen LogP contribution in [0.4, 0.5) is 5.13 Å². The fraction of sp³-hybridized carbons (Fsp3) is 0.304. The monoisotopic (exact) mass is 532 g/mol. The first-order valence-corrected chi connectivity index (χ1v) is 12.2. The molecule has 0 spiro atoms. The van der Waals surface area contributed by atoms with Crippen molar-refractivity contribution in [2.75, 3.05) is 7.11 Å². The zero-order valence-corrected chi connectivity index (χ0v) is 20.2. The summed E-state index contributed by atoms with van der Waals surface area (Å²) in [5, 5.41) is 2.82. The molecule has 0 atom stereocenters. The van der Waals surface area contributed by atoms with Crippen molar-refractivity contribution < 1.29 is 4.74 Å². The number of thiazole rings is 1. The van der Waals surface area contributed by atoms with Gasteiger partial charge in [0.15, 0.2) is 0 Å². The third-order valence-electron chi connectivity index (χ3n) is 5.32. The van der Waals surface area contributed by atoms with Crippen molar-refractivity contribution in [1.82, 2.24) is 4.98 Å². The molecule has 1 aliphatic rings. The quantitative estimate of drug-likeness (QED) is 0.310. The van der Waals surface area contributed by atoms with E-state index in [0.717, 1.165) is 42.6 Å². The van der Waals surface area contributed by atoms with E-state index in [0.29, 0.717) is 0 Å². The van der Waals surface area contributed by atoms with Crippen LogP contribution in [-0.2, 0) is 0 Å². The second kappa shape index (κ2) is 9.54. The van der Waals surface area contributed by atoms with E-state index in [1.165, 1.54) is 37.7 Å². The van der Waals surface area contributed by atoms with Crippen molar-refractivity contribution in [2.24, 2.45) is 4.99 Å². The molecule has 1 fully saturated rings. The van der Waals surface area contributed by atoms with Gasteiger partial charge in [-0.2, -0.15) is 0 Å². The van der Waals surface area contributed by atoms with Crippen LogP contribution in [0.3, 0.4) is 0 Å². The molecular formula is C23H22Br2N2OS. The smallest absolute Gasteiger partial charge is 0.209 e. The number of hydrogen-bond donors (Lipinski definition) is 0. The lowest BCUT2D eigenvalue weighted by Crippen LogP contribution is -2.04. The molecule has 150 valence electrons. The molecular weight excluding hydrogens is 512 g/mol. The molecule has 3 nitrogen and oxygen atoms in total. The van der Waals surface area contributed by atoms with Crippen LogP contribution < -0.4 is 4.74 Å². The van der Waals surface area contributed by atoms with Gasteiger partial charge in [0.1, 0.15) is 5.75 Å². The second-order valence-electron chi connectivity index (χ2n) is 7.25. The summed E-state index contributed by atoms with van der Waals surface area (Å²) in [5.41, 5.74) is 4.57. The molecule has 1 aromatic heterocycles. The molecule has 1 aliphatic carbocycles. The molecule has 0 amide bonds. The molecule has 4 rings (SSSR count). The number of rotatable bonds is 5. The highest BCUT2D eigenvalue weighted by atomic mass is 79.9. The maximum absolute atomic E-state index is 5.34. The molecule has 0 bridgehead atoms. The van der Waals surface area contributed by atoms with Gasteiger partial charge in [-0.25, -0.2) is 9.98 Å². The third kappa shape index (κ3) is 4.98. The predicted molar refractivity (Wildman–Crippen MR) is 129 cm³/mol. The van der Waals surface area contributed by atoms with Crippen LogP contribution >= 0.6 is 43.2 Å². The largest absolute Gasteiger partial charge is 0.494 e. The minimum atomic E-state index is 0.733. The maximum Gasteiger partial charge on any atom is 0.209 e. The summed E-state index contributed by atoms with van der Waals surface area (Å²) < 4.78 is 7.11. The van der Waals surface area contributed by atoms with Crippen molar-refractivity contribution in [3.63, 3.8) is 0 Å². The van der Waals surface area contributed by atoms with Crippen LogP contribution in [0.25, 0.3) is 11.3 Å². The van der Waals surface area contributed by atoms with Gasteiger partial charge in [0.2, 0.25) is 5.13 Å². The van der Waals surface area contributed by atoms with Gasteiger partial charge in [0, 0.05) is 17.2 Å². The Morgan fingerprint density at radius 3 is 2.41 bits per heavy atom. The van der Waals surface area contributed by atoms with Crippen LogP contribution in [-0.4, -0.2) is 18.3 Å². The summed E-state index contributed by atoms with van der Waals surface area (Å²) in [6.07, 6.45) is 8.59. The molecule has 1 heterocycles. The minimum absolute atomic E-state index is 0.733. The molecule has 0 radical (unpaired) electrons. The van der Waals surface area contributed by atoms with Crippen LogP contribution in [0.1, 0.15) is 49.1 Å². The summed E-state index contributed by atoms with van der Waals surface area (Å²) in [6.45, 7) is 0. The van der Waals surface area contributed by atoms with Gasteiger partial charge < -0.3 is 4.74 Å². The van der Waals surface area contributed by atoms with E-state index in [-0.39, 0.29) is 0 Å². The normalized spacial score (nSPS) is 15.1. The van der Waals surface area contributed by atoms with Gasteiger partial charge in [0.05, 0.1) is 21.7 Å². The van der Waals surface area contributed by atoms with E-state index in [4.69, 9.17) is 4.74 Å². The Kier molecular flexibility index (Phi) is 6.83. The van der Waals surface area contributed by atoms with E-state index in [2.05, 4.69) is 71.5 Å². The third-order valence-corrected chi connectivity index (χ3v) is 7.25. The van der Waals surface area contributed by atoms with Crippen molar-refractivity contribution in [3.8, 4) is 17.0 Å². The van der Waals surface area contributed by atoms with Crippen molar-refractivity contribution in [3.05, 3.63) is 61.9 Å². The highest BCUT2D eigenvalue weighted by molar-refractivity contribution is 9.11. The van der Waals surface area contributed by atoms with Gasteiger partial charge in [-0.15, -0.1) is 11.3 Å². The molecule has 0 saturated heterocycles. The Morgan fingerprint density at radius 1 is 1.07 bits per heavy atom. The van der Waals surface area contributed by atoms with Gasteiger partial charge >= 0.3 is 0 Å². The number of ether oxygens (including phenoxy) is 1. The zero-order chi connectivity index (χ0) is 20.2. The fourth-order valence-corrected chi connectivity index (χ4v) is 6.01. The summed E-state index contributed by atoms with van der Waals surface area (Å²) in [7, 11) is 1.65. The predicted octanol–water partition coefficient (Wildman–Crippen LogP) is 8.14. The molecule has 6 heteroatoms. The number of nitrogens with zero attached hydrogens (tertiary/aromatic N) is 2. The van der Waals surface area contributed by atoms with Gasteiger partial charge in [-0.05, 0) is 73.9 Å². The van der Waals surface area contributed by atoms with Crippen molar-refractivity contribution >= 4 is 54.5 Å². The SMILES string of the molecule is COc1c(Br)cc(C=Nc2nc(-c3ccc(C4CCCCC4)cc3)cs2)cc1Br. The number of halogens is 2. The number of aromatic nitrogens is 1. The number of benzene rings is 2. The lowest BCUT2D eigenvalue weighted by Gasteiger charge is -2.22. The first-order valence-electron chi connectivity index (χ1n) is 9.77. The summed E-state index contributed by atoms with van der Waals surface area (Å²) in [5.74, 6) is 1.51. The first-order chi connectivity index (χ1) is 14.1. The highest BCUT2D eigenvalue weighted by Gasteiger charge is 2.15. The van der Waals surface area contributed by atoms with Crippen LogP contribution in [0.15, 0.2) is 55.7 Å². The van der Waals surface area contributed by atoms with Gasteiger partial charge in [-0.1, -0.05) is 43.5 Å². The van der Waals surface area contributed by atoms with E-state index < -0.39 is 0 Å². The first kappa shape index (κ1) is 20.8. The molecule has 0 unspecified atom stereocenters. The molecule has 0 N–H and O–H groups in total. The second-order valence-corrected chi connectivity index (χ2v) is 9.79. The zero-order valence-electron chi connectivity index (χ0n) is 16.2. The number of methoxy groups -OCH3 is 1. The average molecular weight is 534 g/mol. The van der Waals surface area contributed by atoms with Crippen molar-refractivity contribution in [1.29, 1.82) is 0 Å². The van der Waals surface area contributed by atoms with Crippen molar-refractivity contribution in [2.45, 2.75) is 38.0 Å². The highest BCUT2D eigenvalue weighted by Crippen LogP contribution is 2.35. The van der Waals surface area contributed by atoms with E-state index in [9.17, 15) is 0 Å².